The van der Waals surface area contributed by atoms with Crippen molar-refractivity contribution in [2.45, 2.75) is 19.8 Å². The van der Waals surface area contributed by atoms with Crippen molar-refractivity contribution in [3.8, 4) is 11.6 Å². The molecular weight excluding hydrogens is 216 g/mol. The number of nitrogen functional groups attached to an aromatic ring is 1. The summed E-state index contributed by atoms with van der Waals surface area (Å²) in [6.45, 7) is 2.06. The smallest absolute Gasteiger partial charge is 0.224 e. The highest BCUT2D eigenvalue weighted by Gasteiger charge is 2.04. The second-order valence-corrected chi connectivity index (χ2v) is 3.59. The Labute approximate surface area is 99.7 Å². The number of anilines is 1. The number of rotatable bonds is 4. The summed E-state index contributed by atoms with van der Waals surface area (Å²) in [5.74, 6) is 2.20. The van der Waals surface area contributed by atoms with Crippen LogP contribution in [0.3, 0.4) is 0 Å². The van der Waals surface area contributed by atoms with E-state index in [0.717, 1.165) is 12.8 Å². The average molecular weight is 230 g/mol. The quantitative estimate of drug-likeness (QED) is 0.871. The molecule has 2 aromatic heterocycles. The van der Waals surface area contributed by atoms with Crippen LogP contribution in [0.5, 0.6) is 11.6 Å². The summed E-state index contributed by atoms with van der Waals surface area (Å²) in [5.41, 5.74) is 5.70. The van der Waals surface area contributed by atoms with E-state index in [0.29, 0.717) is 23.3 Å². The number of hydrogen-bond donors (Lipinski definition) is 1. The molecule has 0 radical (unpaired) electrons. The lowest BCUT2D eigenvalue weighted by Gasteiger charge is -2.06. The first-order valence-corrected chi connectivity index (χ1v) is 5.49. The third kappa shape index (κ3) is 3.14. The fourth-order valence-electron chi connectivity index (χ4n) is 1.41. The Morgan fingerprint density at radius 1 is 1.35 bits per heavy atom. The van der Waals surface area contributed by atoms with Crippen LogP contribution in [0.1, 0.15) is 19.2 Å². The van der Waals surface area contributed by atoms with Gasteiger partial charge in [-0.05, 0) is 18.6 Å². The molecule has 0 unspecified atom stereocenters. The zero-order valence-corrected chi connectivity index (χ0v) is 9.63. The van der Waals surface area contributed by atoms with Crippen LogP contribution in [0.4, 0.5) is 5.82 Å². The van der Waals surface area contributed by atoms with Crippen LogP contribution in [0.15, 0.2) is 30.6 Å². The largest absolute Gasteiger partial charge is 0.437 e. The predicted molar refractivity (Wildman–Crippen MR) is 64.8 cm³/mol. The van der Waals surface area contributed by atoms with Crippen LogP contribution in [-0.2, 0) is 6.42 Å². The van der Waals surface area contributed by atoms with E-state index >= 15 is 0 Å². The normalized spacial score (nSPS) is 10.2. The molecule has 0 aliphatic carbocycles. The molecule has 0 fully saturated rings. The molecule has 0 aromatic carbocycles. The first-order chi connectivity index (χ1) is 8.28. The summed E-state index contributed by atoms with van der Waals surface area (Å²) in [6, 6.07) is 5.21. The highest BCUT2D eigenvalue weighted by Crippen LogP contribution is 2.19. The van der Waals surface area contributed by atoms with Gasteiger partial charge >= 0.3 is 0 Å². The summed E-state index contributed by atoms with van der Waals surface area (Å²) in [5, 5.41) is 0. The van der Waals surface area contributed by atoms with Crippen molar-refractivity contribution in [2.24, 2.45) is 0 Å². The Bertz CT molecular complexity index is 487. The van der Waals surface area contributed by atoms with Gasteiger partial charge < -0.3 is 10.5 Å². The maximum absolute atomic E-state index is 5.70. The summed E-state index contributed by atoms with van der Waals surface area (Å²) in [6.07, 6.45) is 5.06. The molecule has 5 heteroatoms. The average Bonchev–Trinajstić information content (AvgIpc) is 2.30. The van der Waals surface area contributed by atoms with Crippen LogP contribution in [0.25, 0.3) is 0 Å². The minimum Gasteiger partial charge on any atom is -0.437 e. The number of nitrogens with zero attached hydrogens (tertiary/aromatic N) is 3. The Hall–Kier alpha value is -2.17. The molecule has 0 saturated carbocycles. The molecule has 2 aromatic rings. The Kier molecular flexibility index (Phi) is 3.49. The molecule has 0 aliphatic rings. The van der Waals surface area contributed by atoms with Gasteiger partial charge in [0.25, 0.3) is 0 Å². The third-order valence-electron chi connectivity index (χ3n) is 2.10. The van der Waals surface area contributed by atoms with E-state index in [9.17, 15) is 0 Å². The third-order valence-corrected chi connectivity index (χ3v) is 2.10. The minimum atomic E-state index is 0.419. The second kappa shape index (κ2) is 5.25. The lowest BCUT2D eigenvalue weighted by Crippen LogP contribution is -2.01. The van der Waals surface area contributed by atoms with Gasteiger partial charge in [-0.3, -0.25) is 4.98 Å². The van der Waals surface area contributed by atoms with Crippen molar-refractivity contribution in [3.05, 3.63) is 36.4 Å². The molecule has 0 spiro atoms. The summed E-state index contributed by atoms with van der Waals surface area (Å²) in [4.78, 5) is 12.4. The maximum atomic E-state index is 5.70. The lowest BCUT2D eigenvalue weighted by atomic mass is 10.3. The van der Waals surface area contributed by atoms with Crippen LogP contribution in [-0.4, -0.2) is 15.0 Å². The first kappa shape index (κ1) is 11.3. The van der Waals surface area contributed by atoms with Crippen LogP contribution < -0.4 is 10.5 Å². The monoisotopic (exact) mass is 230 g/mol. The van der Waals surface area contributed by atoms with E-state index in [1.807, 2.05) is 6.07 Å². The number of pyridine rings is 1. The highest BCUT2D eigenvalue weighted by atomic mass is 16.5. The molecule has 0 atom stereocenters. The van der Waals surface area contributed by atoms with Gasteiger partial charge in [-0.1, -0.05) is 6.92 Å². The molecule has 0 aliphatic heterocycles. The lowest BCUT2D eigenvalue weighted by molar-refractivity contribution is 0.456. The zero-order valence-electron chi connectivity index (χ0n) is 9.63. The SMILES string of the molecule is CCCc1nc(N)cc(Oc2cccnc2)n1. The molecule has 0 amide bonds. The van der Waals surface area contributed by atoms with E-state index in [2.05, 4.69) is 21.9 Å². The molecule has 0 bridgehead atoms. The molecule has 88 valence electrons. The summed E-state index contributed by atoms with van der Waals surface area (Å²) >= 11 is 0. The van der Waals surface area contributed by atoms with Crippen molar-refractivity contribution in [2.75, 3.05) is 5.73 Å². The Morgan fingerprint density at radius 2 is 2.24 bits per heavy atom. The van der Waals surface area contributed by atoms with E-state index in [4.69, 9.17) is 10.5 Å². The van der Waals surface area contributed by atoms with Crippen LogP contribution >= 0.6 is 0 Å². The second-order valence-electron chi connectivity index (χ2n) is 3.59. The maximum Gasteiger partial charge on any atom is 0.224 e. The molecule has 2 heterocycles. The van der Waals surface area contributed by atoms with Crippen molar-refractivity contribution >= 4 is 5.82 Å². The van der Waals surface area contributed by atoms with Gasteiger partial charge in [0.1, 0.15) is 17.4 Å². The van der Waals surface area contributed by atoms with Gasteiger partial charge in [-0.15, -0.1) is 0 Å². The van der Waals surface area contributed by atoms with E-state index in [1.54, 1.807) is 24.5 Å². The molecule has 0 saturated heterocycles. The molecular formula is C12H14N4O. The number of aromatic nitrogens is 3. The topological polar surface area (TPSA) is 73.9 Å². The van der Waals surface area contributed by atoms with Gasteiger partial charge in [0.05, 0.1) is 6.20 Å². The summed E-state index contributed by atoms with van der Waals surface area (Å²) < 4.78 is 5.55. The minimum absolute atomic E-state index is 0.419. The predicted octanol–water partition coefficient (Wildman–Crippen LogP) is 2.20. The number of ether oxygens (including phenoxy) is 1. The van der Waals surface area contributed by atoms with Gasteiger partial charge in [0.2, 0.25) is 5.88 Å². The van der Waals surface area contributed by atoms with Gasteiger partial charge in [-0.2, -0.15) is 4.98 Å². The van der Waals surface area contributed by atoms with Gasteiger partial charge in [-0.25, -0.2) is 4.98 Å². The fraction of sp³-hybridized carbons (Fsp3) is 0.250. The molecule has 17 heavy (non-hydrogen) atoms. The van der Waals surface area contributed by atoms with Crippen LogP contribution in [0.2, 0.25) is 0 Å². The summed E-state index contributed by atoms with van der Waals surface area (Å²) in [7, 11) is 0. The van der Waals surface area contributed by atoms with E-state index in [1.165, 1.54) is 0 Å². The Morgan fingerprint density at radius 3 is 2.94 bits per heavy atom. The highest BCUT2D eigenvalue weighted by molar-refractivity contribution is 5.35. The van der Waals surface area contributed by atoms with Crippen molar-refractivity contribution in [3.63, 3.8) is 0 Å². The van der Waals surface area contributed by atoms with Crippen molar-refractivity contribution in [1.82, 2.24) is 15.0 Å². The first-order valence-electron chi connectivity index (χ1n) is 5.49. The van der Waals surface area contributed by atoms with Crippen molar-refractivity contribution < 1.29 is 4.74 Å². The number of aryl methyl sites for hydroxylation is 1. The molecule has 2 N–H and O–H groups in total. The molecule has 5 nitrogen and oxygen atoms in total. The Balaban J connectivity index is 2.21. The van der Waals surface area contributed by atoms with E-state index < -0.39 is 0 Å². The van der Waals surface area contributed by atoms with Gasteiger partial charge in [0, 0.05) is 18.7 Å². The van der Waals surface area contributed by atoms with Gasteiger partial charge in [0.15, 0.2) is 0 Å². The number of hydrogen-bond acceptors (Lipinski definition) is 5. The molecule has 2 rings (SSSR count). The van der Waals surface area contributed by atoms with E-state index in [-0.39, 0.29) is 0 Å². The van der Waals surface area contributed by atoms with Crippen molar-refractivity contribution in [1.29, 1.82) is 0 Å². The number of nitrogens with two attached hydrogens (primary N) is 1. The standard InChI is InChI=1S/C12H14N4O/c1-2-4-11-15-10(13)7-12(16-11)17-9-5-3-6-14-8-9/h3,5-8H,2,4H2,1H3,(H2,13,15,16). The fourth-order valence-corrected chi connectivity index (χ4v) is 1.41. The zero-order chi connectivity index (χ0) is 12.1. The van der Waals surface area contributed by atoms with Crippen LogP contribution in [0, 0.1) is 0 Å².